The highest BCUT2D eigenvalue weighted by Crippen LogP contribution is 2.22. The zero-order valence-corrected chi connectivity index (χ0v) is 15.6. The predicted molar refractivity (Wildman–Crippen MR) is 104 cm³/mol. The van der Waals surface area contributed by atoms with Gasteiger partial charge in [-0.2, -0.15) is 5.10 Å². The average molecular weight is 377 g/mol. The molecule has 0 saturated carbocycles. The van der Waals surface area contributed by atoms with Crippen LogP contribution in [-0.2, 0) is 37.5 Å². The van der Waals surface area contributed by atoms with E-state index in [0.717, 1.165) is 22.6 Å². The van der Waals surface area contributed by atoms with Crippen molar-refractivity contribution in [3.63, 3.8) is 0 Å². The Morgan fingerprint density at radius 3 is 2.68 bits per heavy atom. The summed E-state index contributed by atoms with van der Waals surface area (Å²) in [5.41, 5.74) is 3.58. The number of aliphatic hydroxyl groups excluding tert-OH is 1. The van der Waals surface area contributed by atoms with Crippen molar-refractivity contribution in [2.24, 2.45) is 0 Å². The monoisotopic (exact) mass is 377 g/mol. The third-order valence-electron chi connectivity index (χ3n) is 4.91. The second kappa shape index (κ2) is 8.27. The van der Waals surface area contributed by atoms with Crippen molar-refractivity contribution in [3.05, 3.63) is 83.2 Å². The summed E-state index contributed by atoms with van der Waals surface area (Å²) in [6.45, 7) is 2.16. The van der Waals surface area contributed by atoms with E-state index in [1.807, 2.05) is 70.2 Å². The predicted octanol–water partition coefficient (Wildman–Crippen LogP) is 2.54. The van der Waals surface area contributed by atoms with Crippen LogP contribution in [0.2, 0.25) is 0 Å². The van der Waals surface area contributed by atoms with Crippen LogP contribution in [0.4, 0.5) is 0 Å². The number of nitrogens with zero attached hydrogens (tertiary/aromatic N) is 3. The maximum atomic E-state index is 12.9. The first-order chi connectivity index (χ1) is 13.7. The molecule has 1 aliphatic heterocycles. The number of para-hydroxylation sites is 1. The van der Waals surface area contributed by atoms with Crippen molar-refractivity contribution in [1.29, 1.82) is 0 Å². The van der Waals surface area contributed by atoms with Gasteiger partial charge in [-0.1, -0.05) is 48.5 Å². The van der Waals surface area contributed by atoms with E-state index in [4.69, 9.17) is 4.74 Å². The molecule has 4 rings (SSSR count). The van der Waals surface area contributed by atoms with Crippen LogP contribution in [0.25, 0.3) is 0 Å². The number of amides is 1. The summed E-state index contributed by atoms with van der Waals surface area (Å²) >= 11 is 0. The van der Waals surface area contributed by atoms with Crippen LogP contribution in [0.3, 0.4) is 0 Å². The zero-order chi connectivity index (χ0) is 19.3. The van der Waals surface area contributed by atoms with Gasteiger partial charge < -0.3 is 14.7 Å². The number of aliphatic hydroxyl groups is 1. The van der Waals surface area contributed by atoms with Gasteiger partial charge in [0.1, 0.15) is 12.4 Å². The number of carbonyl (C=O) groups excluding carboxylic acids is 1. The molecular formula is C22H23N3O3. The fourth-order valence-electron chi connectivity index (χ4n) is 3.42. The van der Waals surface area contributed by atoms with E-state index in [2.05, 4.69) is 5.10 Å². The molecule has 6 heteroatoms. The van der Waals surface area contributed by atoms with Gasteiger partial charge in [0.25, 0.3) is 0 Å². The fraction of sp³-hybridized carbons (Fsp3) is 0.273. The minimum absolute atomic E-state index is 0.0637. The number of benzene rings is 2. The normalized spacial score (nSPS) is 13.2. The van der Waals surface area contributed by atoms with Gasteiger partial charge in [0, 0.05) is 12.1 Å². The first-order valence-corrected chi connectivity index (χ1v) is 9.42. The van der Waals surface area contributed by atoms with Gasteiger partial charge in [0.2, 0.25) is 5.91 Å². The van der Waals surface area contributed by atoms with Crippen LogP contribution < -0.4 is 4.74 Å². The smallest absolute Gasteiger partial charge is 0.227 e. The largest absolute Gasteiger partial charge is 0.489 e. The SMILES string of the molecule is O=C(Cc1ccccc1OCc1ccccc1)N1CCn2nc(CO)cc2C1. The van der Waals surface area contributed by atoms with E-state index < -0.39 is 0 Å². The molecule has 1 N–H and O–H groups in total. The van der Waals surface area contributed by atoms with Crippen LogP contribution in [-0.4, -0.2) is 32.2 Å². The minimum Gasteiger partial charge on any atom is -0.489 e. The van der Waals surface area contributed by atoms with Crippen molar-refractivity contribution in [2.45, 2.75) is 32.7 Å². The molecule has 0 fully saturated rings. The molecule has 28 heavy (non-hydrogen) atoms. The van der Waals surface area contributed by atoms with Gasteiger partial charge in [0.15, 0.2) is 0 Å². The summed E-state index contributed by atoms with van der Waals surface area (Å²) in [6, 6.07) is 19.5. The van der Waals surface area contributed by atoms with Gasteiger partial charge in [-0.05, 0) is 17.7 Å². The minimum atomic E-state index is -0.0833. The lowest BCUT2D eigenvalue weighted by Crippen LogP contribution is -2.39. The molecule has 0 atom stereocenters. The molecule has 2 heterocycles. The molecular weight excluding hydrogens is 354 g/mol. The van der Waals surface area contributed by atoms with Crippen LogP contribution in [0.5, 0.6) is 5.75 Å². The molecule has 144 valence electrons. The van der Waals surface area contributed by atoms with Crippen molar-refractivity contribution in [3.8, 4) is 5.75 Å². The summed E-state index contributed by atoms with van der Waals surface area (Å²) in [5, 5.41) is 13.6. The van der Waals surface area contributed by atoms with Crippen molar-refractivity contribution < 1.29 is 14.6 Å². The lowest BCUT2D eigenvalue weighted by Gasteiger charge is -2.28. The lowest BCUT2D eigenvalue weighted by molar-refractivity contribution is -0.132. The van der Waals surface area contributed by atoms with Gasteiger partial charge in [-0.25, -0.2) is 0 Å². The Kier molecular flexibility index (Phi) is 5.39. The van der Waals surface area contributed by atoms with Gasteiger partial charge in [-0.3, -0.25) is 9.48 Å². The Bertz CT molecular complexity index is 953. The van der Waals surface area contributed by atoms with Crippen molar-refractivity contribution >= 4 is 5.91 Å². The highest BCUT2D eigenvalue weighted by atomic mass is 16.5. The lowest BCUT2D eigenvalue weighted by atomic mass is 10.1. The zero-order valence-electron chi connectivity index (χ0n) is 15.6. The van der Waals surface area contributed by atoms with Crippen LogP contribution in [0.15, 0.2) is 60.7 Å². The third kappa shape index (κ3) is 4.07. The van der Waals surface area contributed by atoms with Gasteiger partial charge >= 0.3 is 0 Å². The molecule has 0 saturated heterocycles. The number of aromatic nitrogens is 2. The summed E-state index contributed by atoms with van der Waals surface area (Å²) in [7, 11) is 0. The Morgan fingerprint density at radius 2 is 1.86 bits per heavy atom. The first kappa shape index (κ1) is 18.3. The van der Waals surface area contributed by atoms with E-state index in [0.29, 0.717) is 38.4 Å². The molecule has 0 aliphatic carbocycles. The van der Waals surface area contributed by atoms with Crippen molar-refractivity contribution in [2.75, 3.05) is 6.54 Å². The van der Waals surface area contributed by atoms with Crippen LogP contribution >= 0.6 is 0 Å². The fourth-order valence-corrected chi connectivity index (χ4v) is 3.42. The number of fused-ring (bicyclic) bond motifs is 1. The molecule has 0 bridgehead atoms. The molecule has 0 radical (unpaired) electrons. The maximum absolute atomic E-state index is 12.9. The van der Waals surface area contributed by atoms with Crippen LogP contribution in [0, 0.1) is 0 Å². The Labute approximate surface area is 164 Å². The first-order valence-electron chi connectivity index (χ1n) is 9.42. The summed E-state index contributed by atoms with van der Waals surface area (Å²) < 4.78 is 7.84. The van der Waals surface area contributed by atoms with E-state index >= 15 is 0 Å². The van der Waals surface area contributed by atoms with Crippen LogP contribution in [0.1, 0.15) is 22.5 Å². The van der Waals surface area contributed by atoms with E-state index in [-0.39, 0.29) is 12.5 Å². The number of ether oxygens (including phenoxy) is 1. The number of rotatable bonds is 6. The topological polar surface area (TPSA) is 67.6 Å². The van der Waals surface area contributed by atoms with Gasteiger partial charge in [-0.15, -0.1) is 0 Å². The molecule has 1 amide bonds. The highest BCUT2D eigenvalue weighted by molar-refractivity contribution is 5.79. The maximum Gasteiger partial charge on any atom is 0.227 e. The highest BCUT2D eigenvalue weighted by Gasteiger charge is 2.23. The quantitative estimate of drug-likeness (QED) is 0.717. The molecule has 2 aromatic carbocycles. The van der Waals surface area contributed by atoms with Crippen molar-refractivity contribution in [1.82, 2.24) is 14.7 Å². The van der Waals surface area contributed by atoms with Gasteiger partial charge in [0.05, 0.1) is 37.5 Å². The summed E-state index contributed by atoms with van der Waals surface area (Å²) in [4.78, 5) is 14.7. The average Bonchev–Trinajstić information content (AvgIpc) is 3.16. The molecule has 1 aromatic heterocycles. The third-order valence-corrected chi connectivity index (χ3v) is 4.91. The Hall–Kier alpha value is -3.12. The molecule has 0 spiro atoms. The molecule has 1 aliphatic rings. The summed E-state index contributed by atoms with van der Waals surface area (Å²) in [5.74, 6) is 0.804. The Balaban J connectivity index is 1.42. The van der Waals surface area contributed by atoms with E-state index in [9.17, 15) is 9.90 Å². The number of carbonyl (C=O) groups is 1. The van der Waals surface area contributed by atoms with E-state index in [1.165, 1.54) is 0 Å². The summed E-state index contributed by atoms with van der Waals surface area (Å²) in [6.07, 6.45) is 0.298. The number of hydrogen-bond donors (Lipinski definition) is 1. The number of hydrogen-bond acceptors (Lipinski definition) is 4. The second-order valence-corrected chi connectivity index (χ2v) is 6.88. The molecule has 6 nitrogen and oxygen atoms in total. The standard InChI is InChI=1S/C22H23N3O3/c26-15-19-13-20-14-24(10-11-25(20)23-19)22(27)12-18-8-4-5-9-21(18)28-16-17-6-2-1-3-7-17/h1-9,13,26H,10-12,14-16H2. The Morgan fingerprint density at radius 1 is 1.07 bits per heavy atom. The molecule has 3 aromatic rings. The molecule has 0 unspecified atom stereocenters. The second-order valence-electron chi connectivity index (χ2n) is 6.88. The van der Waals surface area contributed by atoms with E-state index in [1.54, 1.807) is 0 Å².